The fourth-order valence-corrected chi connectivity index (χ4v) is 2.27. The zero-order chi connectivity index (χ0) is 14.5. The summed E-state index contributed by atoms with van der Waals surface area (Å²) in [6, 6.07) is -0.230. The van der Waals surface area contributed by atoms with Crippen molar-refractivity contribution >= 4 is 12.3 Å². The summed E-state index contributed by atoms with van der Waals surface area (Å²) in [5.74, 6) is -0.803. The summed E-state index contributed by atoms with van der Waals surface area (Å²) in [7, 11) is 0. The molecule has 0 fully saturated rings. The van der Waals surface area contributed by atoms with Gasteiger partial charge in [0.15, 0.2) is 0 Å². The number of aldehydes is 1. The highest BCUT2D eigenvalue weighted by Crippen LogP contribution is 2.11. The summed E-state index contributed by atoms with van der Waals surface area (Å²) >= 11 is 0. The third-order valence-electron chi connectivity index (χ3n) is 3.34. The van der Waals surface area contributed by atoms with Crippen LogP contribution in [-0.2, 0) is 9.59 Å². The van der Waals surface area contributed by atoms with Crippen molar-refractivity contribution in [2.45, 2.75) is 83.7 Å². The second-order valence-electron chi connectivity index (χ2n) is 5.14. The zero-order valence-electron chi connectivity index (χ0n) is 12.4. The van der Waals surface area contributed by atoms with E-state index in [1.807, 2.05) is 0 Å². The van der Waals surface area contributed by atoms with Gasteiger partial charge in [-0.05, 0) is 25.7 Å². The molecule has 112 valence electrons. The summed E-state index contributed by atoms with van der Waals surface area (Å²) in [6.45, 7) is 4.29. The minimum absolute atomic E-state index is 0.286. The van der Waals surface area contributed by atoms with Gasteiger partial charge in [-0.15, -0.1) is 0 Å². The molecule has 2 unspecified atom stereocenters. The third-order valence-corrected chi connectivity index (χ3v) is 3.34. The summed E-state index contributed by atoms with van der Waals surface area (Å²) in [4.78, 5) is 21.5. The molecule has 0 aliphatic rings. The molecule has 0 rings (SSSR count). The van der Waals surface area contributed by atoms with Crippen molar-refractivity contribution < 1.29 is 14.7 Å². The Morgan fingerprint density at radius 1 is 1.11 bits per heavy atom. The van der Waals surface area contributed by atoms with Crippen LogP contribution in [0.15, 0.2) is 0 Å². The average Bonchev–Trinajstić information content (AvgIpc) is 2.37. The van der Waals surface area contributed by atoms with Crippen LogP contribution in [0.25, 0.3) is 0 Å². The Balaban J connectivity index is 4.21. The minimum Gasteiger partial charge on any atom is -0.480 e. The Labute approximate surface area is 117 Å². The lowest BCUT2D eigenvalue weighted by Gasteiger charge is -2.23. The van der Waals surface area contributed by atoms with E-state index >= 15 is 0 Å². The van der Waals surface area contributed by atoms with E-state index in [0.717, 1.165) is 32.0 Å². The van der Waals surface area contributed by atoms with Crippen LogP contribution >= 0.6 is 0 Å². The van der Waals surface area contributed by atoms with E-state index in [4.69, 9.17) is 0 Å². The zero-order valence-corrected chi connectivity index (χ0v) is 12.4. The maximum atomic E-state index is 11.2. The molecule has 0 amide bonds. The van der Waals surface area contributed by atoms with Crippen LogP contribution in [0, 0.1) is 0 Å². The molecule has 19 heavy (non-hydrogen) atoms. The van der Waals surface area contributed by atoms with Gasteiger partial charge in [-0.3, -0.25) is 4.79 Å². The Kier molecular flexibility index (Phi) is 11.6. The first kappa shape index (κ1) is 18.1. The number of rotatable bonds is 13. The number of hydrogen-bond acceptors (Lipinski definition) is 3. The highest BCUT2D eigenvalue weighted by atomic mass is 16.4. The largest absolute Gasteiger partial charge is 0.480 e. The second kappa shape index (κ2) is 12.2. The average molecular weight is 271 g/mol. The molecule has 0 radical (unpaired) electrons. The number of unbranched alkanes of at least 4 members (excludes halogenated alkanes) is 3. The van der Waals surface area contributed by atoms with E-state index in [1.54, 1.807) is 0 Å². The molecule has 2 atom stereocenters. The minimum atomic E-state index is -0.803. The van der Waals surface area contributed by atoms with Crippen LogP contribution in [0.3, 0.4) is 0 Å². The lowest BCUT2D eigenvalue weighted by molar-refractivity contribution is -0.140. The van der Waals surface area contributed by atoms with Gasteiger partial charge in [-0.25, -0.2) is 0 Å². The van der Waals surface area contributed by atoms with Gasteiger partial charge in [0.05, 0.1) is 0 Å². The van der Waals surface area contributed by atoms with Crippen molar-refractivity contribution in [3.05, 3.63) is 0 Å². The van der Waals surface area contributed by atoms with Crippen molar-refractivity contribution in [2.75, 3.05) is 0 Å². The second-order valence-corrected chi connectivity index (χ2v) is 5.14. The van der Waals surface area contributed by atoms with E-state index in [-0.39, 0.29) is 6.04 Å². The number of carboxylic acid groups (broad SMARTS) is 1. The summed E-state index contributed by atoms with van der Waals surface area (Å²) in [5, 5.41) is 12.5. The predicted molar refractivity (Wildman–Crippen MR) is 77.3 cm³/mol. The van der Waals surface area contributed by atoms with E-state index in [1.165, 1.54) is 12.8 Å². The van der Waals surface area contributed by atoms with Gasteiger partial charge in [0.25, 0.3) is 0 Å². The molecule has 4 heteroatoms. The molecule has 0 aliphatic heterocycles. The number of nitrogens with one attached hydrogen (secondary N) is 1. The van der Waals surface area contributed by atoms with Gasteiger partial charge in [0.1, 0.15) is 12.3 Å². The number of carbonyl (C=O) groups excluding carboxylic acids is 1. The monoisotopic (exact) mass is 271 g/mol. The molecule has 0 aromatic rings. The molecule has 4 nitrogen and oxygen atoms in total. The third kappa shape index (κ3) is 9.65. The molecule has 0 spiro atoms. The molecule has 0 bridgehead atoms. The SMILES string of the molecule is CCCCCC(CCC)NC(CCCC=O)C(=O)O. The molecule has 0 saturated carbocycles. The molecule has 2 N–H and O–H groups in total. The number of hydrogen-bond donors (Lipinski definition) is 2. The Morgan fingerprint density at radius 3 is 2.37 bits per heavy atom. The molecular weight excluding hydrogens is 242 g/mol. The van der Waals surface area contributed by atoms with Crippen LogP contribution in [0.1, 0.15) is 71.6 Å². The van der Waals surface area contributed by atoms with E-state index in [2.05, 4.69) is 19.2 Å². The van der Waals surface area contributed by atoms with Gasteiger partial charge in [-0.2, -0.15) is 0 Å². The van der Waals surface area contributed by atoms with Gasteiger partial charge >= 0.3 is 5.97 Å². The smallest absolute Gasteiger partial charge is 0.320 e. The van der Waals surface area contributed by atoms with Crippen LogP contribution in [0.2, 0.25) is 0 Å². The molecule has 0 aromatic carbocycles. The first-order chi connectivity index (χ1) is 9.15. The summed E-state index contributed by atoms with van der Waals surface area (Å²) in [5.41, 5.74) is 0. The molecule has 0 heterocycles. The van der Waals surface area contributed by atoms with E-state index < -0.39 is 12.0 Å². The first-order valence-corrected chi connectivity index (χ1v) is 7.58. The fraction of sp³-hybridized carbons (Fsp3) is 0.867. The molecule has 0 saturated heterocycles. The Hall–Kier alpha value is -0.900. The van der Waals surface area contributed by atoms with Gasteiger partial charge in [0.2, 0.25) is 0 Å². The fourth-order valence-electron chi connectivity index (χ4n) is 2.27. The first-order valence-electron chi connectivity index (χ1n) is 7.58. The van der Waals surface area contributed by atoms with E-state index in [9.17, 15) is 14.7 Å². The quantitative estimate of drug-likeness (QED) is 0.399. The van der Waals surface area contributed by atoms with Crippen LogP contribution in [0.5, 0.6) is 0 Å². The standard InChI is InChI=1S/C15H29NO3/c1-3-5-6-10-13(9-4-2)16-14(15(18)19)11-7-8-12-17/h12-14,16H,3-11H2,1-2H3,(H,18,19). The topological polar surface area (TPSA) is 66.4 Å². The lowest BCUT2D eigenvalue weighted by Crippen LogP contribution is -2.43. The number of carbonyl (C=O) groups is 2. The molecular formula is C15H29NO3. The Bertz CT molecular complexity index is 244. The highest BCUT2D eigenvalue weighted by Gasteiger charge is 2.20. The van der Waals surface area contributed by atoms with Crippen LogP contribution in [-0.4, -0.2) is 29.4 Å². The maximum Gasteiger partial charge on any atom is 0.320 e. The number of aliphatic carboxylic acids is 1. The van der Waals surface area contributed by atoms with Crippen molar-refractivity contribution in [3.8, 4) is 0 Å². The van der Waals surface area contributed by atoms with Crippen molar-refractivity contribution in [1.82, 2.24) is 5.32 Å². The van der Waals surface area contributed by atoms with Crippen molar-refractivity contribution in [1.29, 1.82) is 0 Å². The van der Waals surface area contributed by atoms with Crippen molar-refractivity contribution in [2.24, 2.45) is 0 Å². The maximum absolute atomic E-state index is 11.2. The molecule has 0 aromatic heterocycles. The van der Waals surface area contributed by atoms with Gasteiger partial charge < -0.3 is 15.2 Å². The van der Waals surface area contributed by atoms with Gasteiger partial charge in [0, 0.05) is 12.5 Å². The Morgan fingerprint density at radius 2 is 1.84 bits per heavy atom. The normalized spacial score (nSPS) is 14.0. The van der Waals surface area contributed by atoms with Gasteiger partial charge in [-0.1, -0.05) is 39.5 Å². The van der Waals surface area contributed by atoms with Crippen molar-refractivity contribution in [3.63, 3.8) is 0 Å². The highest BCUT2D eigenvalue weighted by molar-refractivity contribution is 5.73. The lowest BCUT2D eigenvalue weighted by atomic mass is 10.0. The summed E-state index contributed by atoms with van der Waals surface area (Å²) < 4.78 is 0. The predicted octanol–water partition coefficient (Wildman–Crippen LogP) is 3.15. The molecule has 0 aliphatic carbocycles. The summed E-state index contributed by atoms with van der Waals surface area (Å²) in [6.07, 6.45) is 9.11. The van der Waals surface area contributed by atoms with Crippen LogP contribution < -0.4 is 5.32 Å². The number of carboxylic acids is 1. The van der Waals surface area contributed by atoms with Crippen LogP contribution in [0.4, 0.5) is 0 Å². The van der Waals surface area contributed by atoms with E-state index in [0.29, 0.717) is 19.3 Å².